The quantitative estimate of drug-likeness (QED) is 0.804. The number of carboxylic acid groups (broad SMARTS) is 1. The van der Waals surface area contributed by atoms with E-state index in [2.05, 4.69) is 5.32 Å². The lowest BCUT2D eigenvalue weighted by Crippen LogP contribution is -2.51. The second kappa shape index (κ2) is 8.35. The van der Waals surface area contributed by atoms with Gasteiger partial charge in [-0.15, -0.1) is 0 Å². The number of aliphatic carboxylic acids is 1. The van der Waals surface area contributed by atoms with Crippen LogP contribution in [0.4, 0.5) is 4.79 Å². The van der Waals surface area contributed by atoms with E-state index in [1.54, 1.807) is 0 Å². The molecule has 0 spiro atoms. The number of amides is 1. The zero-order valence-corrected chi connectivity index (χ0v) is 12.2. The Bertz CT molecular complexity index is 488. The molecule has 1 atom stereocenters. The van der Waals surface area contributed by atoms with Crippen molar-refractivity contribution in [2.24, 2.45) is 0 Å². The third kappa shape index (κ3) is 5.34. The van der Waals surface area contributed by atoms with Crippen molar-refractivity contribution in [3.8, 4) is 0 Å². The van der Waals surface area contributed by atoms with Gasteiger partial charge in [0, 0.05) is 19.6 Å². The highest BCUT2D eigenvalue weighted by Gasteiger charge is 2.24. The van der Waals surface area contributed by atoms with E-state index in [4.69, 9.17) is 9.47 Å². The molecule has 1 aromatic rings. The summed E-state index contributed by atoms with van der Waals surface area (Å²) in [5.74, 6) is -1.08. The Kier molecular flexibility index (Phi) is 6.17. The fraction of sp³-hybridized carbons (Fsp3) is 0.467. The van der Waals surface area contributed by atoms with Gasteiger partial charge in [-0.2, -0.15) is 0 Å². The van der Waals surface area contributed by atoms with Gasteiger partial charge in [0.1, 0.15) is 12.6 Å². The van der Waals surface area contributed by atoms with Crippen molar-refractivity contribution in [3.63, 3.8) is 0 Å². The van der Waals surface area contributed by atoms with Crippen LogP contribution in [0.3, 0.4) is 0 Å². The Balaban J connectivity index is 1.79. The number of carbonyl (C=O) groups is 2. The predicted molar refractivity (Wildman–Crippen MR) is 78.4 cm³/mol. The van der Waals surface area contributed by atoms with E-state index in [9.17, 15) is 14.7 Å². The Morgan fingerprint density at radius 3 is 2.59 bits per heavy atom. The van der Waals surface area contributed by atoms with Crippen molar-refractivity contribution in [3.05, 3.63) is 35.9 Å². The minimum Gasteiger partial charge on any atom is -0.480 e. The van der Waals surface area contributed by atoms with Gasteiger partial charge >= 0.3 is 12.1 Å². The van der Waals surface area contributed by atoms with Gasteiger partial charge < -0.3 is 19.9 Å². The number of benzene rings is 1. The maximum Gasteiger partial charge on any atom is 0.408 e. The highest BCUT2D eigenvalue weighted by molar-refractivity contribution is 5.80. The second-order valence-electron chi connectivity index (χ2n) is 5.01. The zero-order chi connectivity index (χ0) is 15.8. The number of alkyl carbamates (subject to hydrolysis) is 1. The third-order valence-electron chi connectivity index (χ3n) is 3.35. The van der Waals surface area contributed by atoms with Gasteiger partial charge in [-0.05, 0) is 5.56 Å². The summed E-state index contributed by atoms with van der Waals surface area (Å²) in [6.07, 6.45) is -0.732. The molecule has 22 heavy (non-hydrogen) atoms. The van der Waals surface area contributed by atoms with Crippen LogP contribution in [0.25, 0.3) is 0 Å². The number of carbonyl (C=O) groups excluding carboxylic acids is 1. The van der Waals surface area contributed by atoms with Crippen LogP contribution in [0.15, 0.2) is 30.3 Å². The molecule has 1 heterocycles. The lowest BCUT2D eigenvalue weighted by atomic mass is 10.2. The van der Waals surface area contributed by atoms with Crippen molar-refractivity contribution in [1.82, 2.24) is 10.2 Å². The van der Waals surface area contributed by atoms with Crippen molar-refractivity contribution >= 4 is 12.1 Å². The first-order valence-electron chi connectivity index (χ1n) is 7.15. The molecule has 1 fully saturated rings. The molecule has 1 aromatic carbocycles. The molecule has 0 saturated carbocycles. The van der Waals surface area contributed by atoms with E-state index in [0.717, 1.165) is 5.56 Å². The van der Waals surface area contributed by atoms with Crippen LogP contribution in [0.1, 0.15) is 5.56 Å². The van der Waals surface area contributed by atoms with Gasteiger partial charge in [0.05, 0.1) is 13.2 Å². The summed E-state index contributed by atoms with van der Waals surface area (Å²) in [6.45, 7) is 2.81. The molecule has 1 aliphatic heterocycles. The smallest absolute Gasteiger partial charge is 0.408 e. The topological polar surface area (TPSA) is 88.1 Å². The largest absolute Gasteiger partial charge is 0.480 e. The zero-order valence-electron chi connectivity index (χ0n) is 12.2. The van der Waals surface area contributed by atoms with Gasteiger partial charge in [0.2, 0.25) is 0 Å². The van der Waals surface area contributed by atoms with Gasteiger partial charge in [0.25, 0.3) is 0 Å². The highest BCUT2D eigenvalue weighted by atomic mass is 16.5. The van der Waals surface area contributed by atoms with Crippen LogP contribution in [0.5, 0.6) is 0 Å². The van der Waals surface area contributed by atoms with Crippen molar-refractivity contribution in [2.45, 2.75) is 12.6 Å². The number of nitrogens with one attached hydrogen (secondary N) is 1. The molecule has 0 aromatic heterocycles. The van der Waals surface area contributed by atoms with E-state index >= 15 is 0 Å². The number of rotatable bonds is 6. The molecule has 2 N–H and O–H groups in total. The predicted octanol–water partition coefficient (Wildman–Crippen LogP) is 0.698. The van der Waals surface area contributed by atoms with Crippen LogP contribution in [0, 0.1) is 0 Å². The van der Waals surface area contributed by atoms with E-state index in [-0.39, 0.29) is 13.2 Å². The molecule has 120 valence electrons. The standard InChI is InChI=1S/C15H20N2O5/c18-14(19)13(10-17-6-8-21-9-7-17)16-15(20)22-11-12-4-2-1-3-5-12/h1-5,13H,6-11H2,(H,16,20)(H,18,19)/t13-/m0/s1. The van der Waals surface area contributed by atoms with Crippen LogP contribution in [-0.2, 0) is 20.9 Å². The average Bonchev–Trinajstić information content (AvgIpc) is 2.54. The van der Waals surface area contributed by atoms with Gasteiger partial charge in [0.15, 0.2) is 0 Å². The lowest BCUT2D eigenvalue weighted by molar-refractivity contribution is -0.140. The van der Waals surface area contributed by atoms with Crippen LogP contribution in [0.2, 0.25) is 0 Å². The summed E-state index contributed by atoms with van der Waals surface area (Å²) in [5, 5.41) is 11.6. The molecule has 7 nitrogen and oxygen atoms in total. The first-order chi connectivity index (χ1) is 10.6. The van der Waals surface area contributed by atoms with Crippen LogP contribution in [-0.4, -0.2) is 61.0 Å². The van der Waals surface area contributed by atoms with E-state index in [0.29, 0.717) is 26.3 Å². The normalized spacial score (nSPS) is 16.7. The number of hydrogen-bond acceptors (Lipinski definition) is 5. The Morgan fingerprint density at radius 1 is 1.27 bits per heavy atom. The monoisotopic (exact) mass is 308 g/mol. The fourth-order valence-electron chi connectivity index (χ4n) is 2.13. The Labute approximate surface area is 128 Å². The summed E-state index contributed by atoms with van der Waals surface area (Å²) in [6, 6.07) is 8.21. The minimum atomic E-state index is -1.08. The summed E-state index contributed by atoms with van der Waals surface area (Å²) in [4.78, 5) is 24.9. The SMILES string of the molecule is O=C(N[C@@H](CN1CCOCC1)C(=O)O)OCc1ccccc1. The van der Waals surface area contributed by atoms with Crippen molar-refractivity contribution < 1.29 is 24.2 Å². The molecular weight excluding hydrogens is 288 g/mol. The Morgan fingerprint density at radius 2 is 1.95 bits per heavy atom. The third-order valence-corrected chi connectivity index (χ3v) is 3.35. The summed E-state index contributed by atoms with van der Waals surface area (Å²) in [7, 11) is 0. The molecule has 0 aliphatic carbocycles. The fourth-order valence-corrected chi connectivity index (χ4v) is 2.13. The van der Waals surface area contributed by atoms with Crippen LogP contribution < -0.4 is 5.32 Å². The number of morpholine rings is 1. The first-order valence-corrected chi connectivity index (χ1v) is 7.15. The van der Waals surface area contributed by atoms with Crippen molar-refractivity contribution in [2.75, 3.05) is 32.8 Å². The van der Waals surface area contributed by atoms with Crippen LogP contribution >= 0.6 is 0 Å². The Hall–Kier alpha value is -2.12. The maximum absolute atomic E-state index is 11.7. The molecule has 0 unspecified atom stereocenters. The maximum atomic E-state index is 11.7. The second-order valence-corrected chi connectivity index (χ2v) is 5.01. The molecule has 1 amide bonds. The number of ether oxygens (including phenoxy) is 2. The number of hydrogen-bond donors (Lipinski definition) is 2. The molecule has 1 saturated heterocycles. The number of carboxylic acids is 1. The molecule has 1 aliphatic rings. The summed E-state index contributed by atoms with van der Waals surface area (Å²) in [5.41, 5.74) is 0.845. The number of nitrogens with zero attached hydrogens (tertiary/aromatic N) is 1. The molecule has 0 bridgehead atoms. The van der Waals surface area contributed by atoms with E-state index in [1.807, 2.05) is 35.2 Å². The summed E-state index contributed by atoms with van der Waals surface area (Å²) >= 11 is 0. The molecule has 0 radical (unpaired) electrons. The van der Waals surface area contributed by atoms with Gasteiger partial charge in [-0.1, -0.05) is 30.3 Å². The molecule has 2 rings (SSSR count). The summed E-state index contributed by atoms with van der Waals surface area (Å²) < 4.78 is 10.3. The average molecular weight is 308 g/mol. The first kappa shape index (κ1) is 16.3. The van der Waals surface area contributed by atoms with Gasteiger partial charge in [-0.3, -0.25) is 4.90 Å². The van der Waals surface area contributed by atoms with E-state index in [1.165, 1.54) is 0 Å². The van der Waals surface area contributed by atoms with Crippen molar-refractivity contribution in [1.29, 1.82) is 0 Å². The molecule has 7 heteroatoms. The lowest BCUT2D eigenvalue weighted by Gasteiger charge is -2.29. The highest BCUT2D eigenvalue weighted by Crippen LogP contribution is 2.02. The van der Waals surface area contributed by atoms with E-state index < -0.39 is 18.1 Å². The minimum absolute atomic E-state index is 0.108. The van der Waals surface area contributed by atoms with Gasteiger partial charge in [-0.25, -0.2) is 9.59 Å². The molecular formula is C15H20N2O5.